The van der Waals surface area contributed by atoms with Gasteiger partial charge in [-0.3, -0.25) is 9.59 Å². The number of carboxylic acids is 1. The highest BCUT2D eigenvalue weighted by atomic mass is 16.4. The molecule has 0 bridgehead atoms. The van der Waals surface area contributed by atoms with Gasteiger partial charge < -0.3 is 15.3 Å². The third kappa shape index (κ3) is 4.21. The first-order valence-electron chi connectivity index (χ1n) is 7.03. The lowest BCUT2D eigenvalue weighted by atomic mass is 10.0. The van der Waals surface area contributed by atoms with Crippen molar-refractivity contribution in [1.29, 1.82) is 0 Å². The Morgan fingerprint density at radius 1 is 1.35 bits per heavy atom. The van der Waals surface area contributed by atoms with E-state index in [0.29, 0.717) is 19.0 Å². The van der Waals surface area contributed by atoms with Crippen LogP contribution < -0.4 is 5.32 Å². The Morgan fingerprint density at radius 2 is 1.95 bits per heavy atom. The largest absolute Gasteiger partial charge is 0.480 e. The standard InChI is InChI=1S/C14H24N2O4/c1-8(2)6-16-7-10(5-11(16)17)13(18)15-12(9(3)4)14(19)20/h8-10,12H,5-7H2,1-4H3,(H,15,18)(H,19,20). The summed E-state index contributed by atoms with van der Waals surface area (Å²) < 4.78 is 0. The molecule has 2 atom stereocenters. The van der Waals surface area contributed by atoms with Crippen LogP contribution in [0.25, 0.3) is 0 Å². The minimum Gasteiger partial charge on any atom is -0.480 e. The predicted molar refractivity (Wildman–Crippen MR) is 73.9 cm³/mol. The Labute approximate surface area is 119 Å². The van der Waals surface area contributed by atoms with E-state index in [1.54, 1.807) is 18.7 Å². The van der Waals surface area contributed by atoms with E-state index >= 15 is 0 Å². The molecule has 2 N–H and O–H groups in total. The molecule has 1 fully saturated rings. The van der Waals surface area contributed by atoms with Crippen LogP contribution in [0, 0.1) is 17.8 Å². The molecule has 0 spiro atoms. The molecule has 1 saturated heterocycles. The normalized spacial score (nSPS) is 20.6. The quantitative estimate of drug-likeness (QED) is 0.752. The number of amides is 2. The third-order valence-corrected chi connectivity index (χ3v) is 3.40. The van der Waals surface area contributed by atoms with E-state index in [2.05, 4.69) is 5.32 Å². The molecule has 1 aliphatic rings. The molecule has 2 amide bonds. The fraction of sp³-hybridized carbons (Fsp3) is 0.786. The number of hydrogen-bond acceptors (Lipinski definition) is 3. The Morgan fingerprint density at radius 3 is 2.40 bits per heavy atom. The topological polar surface area (TPSA) is 86.7 Å². The van der Waals surface area contributed by atoms with Gasteiger partial charge in [-0.15, -0.1) is 0 Å². The number of aliphatic carboxylic acids is 1. The summed E-state index contributed by atoms with van der Waals surface area (Å²) in [5.41, 5.74) is 0. The van der Waals surface area contributed by atoms with Gasteiger partial charge in [-0.05, 0) is 11.8 Å². The second-order valence-corrected chi connectivity index (χ2v) is 6.16. The molecule has 20 heavy (non-hydrogen) atoms. The summed E-state index contributed by atoms with van der Waals surface area (Å²) in [4.78, 5) is 36.6. The minimum absolute atomic E-state index is 0.0322. The van der Waals surface area contributed by atoms with Gasteiger partial charge in [0.25, 0.3) is 0 Å². The van der Waals surface area contributed by atoms with E-state index in [-0.39, 0.29) is 24.2 Å². The first-order chi connectivity index (χ1) is 9.22. The summed E-state index contributed by atoms with van der Waals surface area (Å²) in [5.74, 6) is -1.71. The van der Waals surface area contributed by atoms with Crippen LogP contribution in [-0.4, -0.2) is 46.9 Å². The van der Waals surface area contributed by atoms with E-state index in [4.69, 9.17) is 5.11 Å². The van der Waals surface area contributed by atoms with Gasteiger partial charge in [0, 0.05) is 19.5 Å². The van der Waals surface area contributed by atoms with E-state index in [0.717, 1.165) is 0 Å². The second-order valence-electron chi connectivity index (χ2n) is 6.16. The van der Waals surface area contributed by atoms with Gasteiger partial charge in [0.15, 0.2) is 0 Å². The van der Waals surface area contributed by atoms with Gasteiger partial charge in [-0.2, -0.15) is 0 Å². The third-order valence-electron chi connectivity index (χ3n) is 3.40. The van der Waals surface area contributed by atoms with Gasteiger partial charge in [-0.1, -0.05) is 27.7 Å². The highest BCUT2D eigenvalue weighted by molar-refractivity contribution is 5.91. The van der Waals surface area contributed by atoms with Crippen molar-refractivity contribution in [1.82, 2.24) is 10.2 Å². The van der Waals surface area contributed by atoms with Gasteiger partial charge in [-0.25, -0.2) is 4.79 Å². The molecule has 1 rings (SSSR count). The van der Waals surface area contributed by atoms with Crippen LogP contribution in [0.15, 0.2) is 0 Å². The average Bonchev–Trinajstić information content (AvgIpc) is 2.66. The molecule has 6 nitrogen and oxygen atoms in total. The number of carbonyl (C=O) groups excluding carboxylic acids is 2. The zero-order valence-electron chi connectivity index (χ0n) is 12.5. The lowest BCUT2D eigenvalue weighted by Crippen LogP contribution is -2.47. The van der Waals surface area contributed by atoms with Crippen molar-refractivity contribution < 1.29 is 19.5 Å². The van der Waals surface area contributed by atoms with Gasteiger partial charge in [0.1, 0.15) is 6.04 Å². The van der Waals surface area contributed by atoms with Gasteiger partial charge in [0.05, 0.1) is 5.92 Å². The molecule has 114 valence electrons. The van der Waals surface area contributed by atoms with E-state index < -0.39 is 17.9 Å². The Bertz CT molecular complexity index is 393. The van der Waals surface area contributed by atoms with Crippen LogP contribution in [-0.2, 0) is 14.4 Å². The Balaban J connectivity index is 2.61. The number of hydrogen-bond donors (Lipinski definition) is 2. The molecular weight excluding hydrogens is 260 g/mol. The summed E-state index contributed by atoms with van der Waals surface area (Å²) >= 11 is 0. The molecule has 6 heteroatoms. The van der Waals surface area contributed by atoms with Crippen LogP contribution in [0.1, 0.15) is 34.1 Å². The highest BCUT2D eigenvalue weighted by Gasteiger charge is 2.36. The first-order valence-corrected chi connectivity index (χ1v) is 7.03. The van der Waals surface area contributed by atoms with Crippen molar-refractivity contribution in [3.63, 3.8) is 0 Å². The molecule has 0 aromatic heterocycles. The first kappa shape index (κ1) is 16.5. The van der Waals surface area contributed by atoms with Gasteiger partial charge in [0.2, 0.25) is 11.8 Å². The van der Waals surface area contributed by atoms with Gasteiger partial charge >= 0.3 is 5.97 Å². The average molecular weight is 284 g/mol. The molecule has 0 saturated carbocycles. The molecule has 0 aliphatic carbocycles. The molecule has 2 unspecified atom stereocenters. The van der Waals surface area contributed by atoms with Crippen LogP contribution in [0.2, 0.25) is 0 Å². The lowest BCUT2D eigenvalue weighted by Gasteiger charge is -2.21. The van der Waals surface area contributed by atoms with Crippen molar-refractivity contribution >= 4 is 17.8 Å². The number of carbonyl (C=O) groups is 3. The fourth-order valence-electron chi connectivity index (χ4n) is 2.35. The molecule has 0 radical (unpaired) electrons. The molecule has 1 heterocycles. The maximum absolute atomic E-state index is 12.1. The van der Waals surface area contributed by atoms with E-state index in [1.165, 1.54) is 0 Å². The highest BCUT2D eigenvalue weighted by Crippen LogP contribution is 2.19. The number of carboxylic acid groups (broad SMARTS) is 1. The van der Waals surface area contributed by atoms with Crippen molar-refractivity contribution in [2.75, 3.05) is 13.1 Å². The van der Waals surface area contributed by atoms with Crippen molar-refractivity contribution in [3.05, 3.63) is 0 Å². The van der Waals surface area contributed by atoms with Crippen LogP contribution in [0.4, 0.5) is 0 Å². The van der Waals surface area contributed by atoms with Crippen LogP contribution >= 0.6 is 0 Å². The van der Waals surface area contributed by atoms with Crippen molar-refractivity contribution in [2.24, 2.45) is 17.8 Å². The lowest BCUT2D eigenvalue weighted by molar-refractivity contribution is -0.143. The number of rotatable bonds is 6. The van der Waals surface area contributed by atoms with Crippen LogP contribution in [0.3, 0.4) is 0 Å². The number of nitrogens with zero attached hydrogens (tertiary/aromatic N) is 1. The monoisotopic (exact) mass is 284 g/mol. The summed E-state index contributed by atoms with van der Waals surface area (Å²) in [6, 6.07) is -0.906. The molecule has 0 aromatic rings. The smallest absolute Gasteiger partial charge is 0.326 e. The number of nitrogens with one attached hydrogen (secondary N) is 1. The molecular formula is C14H24N2O4. The SMILES string of the molecule is CC(C)CN1CC(C(=O)NC(C(=O)O)C(C)C)CC1=O. The van der Waals surface area contributed by atoms with Crippen molar-refractivity contribution in [3.8, 4) is 0 Å². The van der Waals surface area contributed by atoms with E-state index in [1.807, 2.05) is 13.8 Å². The molecule has 1 aliphatic heterocycles. The molecule has 0 aromatic carbocycles. The summed E-state index contributed by atoms with van der Waals surface area (Å²) in [6.07, 6.45) is 0.170. The minimum atomic E-state index is -1.04. The maximum atomic E-state index is 12.1. The zero-order chi connectivity index (χ0) is 15.4. The fourth-order valence-corrected chi connectivity index (χ4v) is 2.35. The summed E-state index contributed by atoms with van der Waals surface area (Å²) in [7, 11) is 0. The maximum Gasteiger partial charge on any atom is 0.326 e. The number of likely N-dealkylation sites (tertiary alicyclic amines) is 1. The summed E-state index contributed by atoms with van der Waals surface area (Å²) in [6.45, 7) is 8.52. The zero-order valence-corrected chi connectivity index (χ0v) is 12.5. The Kier molecular flexibility index (Phi) is 5.53. The second kappa shape index (κ2) is 6.72. The predicted octanol–water partition coefficient (Wildman–Crippen LogP) is 0.716. The van der Waals surface area contributed by atoms with Crippen molar-refractivity contribution in [2.45, 2.75) is 40.2 Å². The van der Waals surface area contributed by atoms with E-state index in [9.17, 15) is 14.4 Å². The Hall–Kier alpha value is -1.59. The van der Waals surface area contributed by atoms with Crippen LogP contribution in [0.5, 0.6) is 0 Å². The summed E-state index contributed by atoms with van der Waals surface area (Å²) in [5, 5.41) is 11.6.